The summed E-state index contributed by atoms with van der Waals surface area (Å²) in [6.45, 7) is 8.05. The molecule has 2 nitrogen and oxygen atoms in total. The summed E-state index contributed by atoms with van der Waals surface area (Å²) in [6, 6.07) is 0. The average Bonchev–Trinajstić information content (AvgIpc) is 2.26. The molecule has 0 bridgehead atoms. The van der Waals surface area contributed by atoms with E-state index in [9.17, 15) is 0 Å². The maximum Gasteiger partial charge on any atom is 0.0694 e. The first-order valence-corrected chi connectivity index (χ1v) is 5.56. The summed E-state index contributed by atoms with van der Waals surface area (Å²) in [5, 5.41) is 7.45. The fourth-order valence-electron chi connectivity index (χ4n) is 2.95. The quantitative estimate of drug-likeness (QED) is 0.597. The zero-order valence-corrected chi connectivity index (χ0v) is 9.11. The molecule has 0 radical (unpaired) electrons. The van der Waals surface area contributed by atoms with Gasteiger partial charge < -0.3 is 0 Å². The lowest BCUT2D eigenvalue weighted by Crippen LogP contribution is -2.54. The minimum Gasteiger partial charge on any atom is -0.297 e. The van der Waals surface area contributed by atoms with Gasteiger partial charge in [0.2, 0.25) is 0 Å². The summed E-state index contributed by atoms with van der Waals surface area (Å²) in [5.41, 5.74) is 0.568. The number of nitrogens with one attached hydrogen (secondary N) is 2. The first-order valence-electron chi connectivity index (χ1n) is 5.56. The minimum atomic E-state index is 0.279. The molecule has 2 aliphatic rings. The third-order valence-corrected chi connectivity index (χ3v) is 3.44. The van der Waals surface area contributed by atoms with Gasteiger partial charge in [-0.1, -0.05) is 19.8 Å². The Morgan fingerprint density at radius 2 is 2.08 bits per heavy atom. The van der Waals surface area contributed by atoms with Crippen molar-refractivity contribution in [2.75, 3.05) is 6.54 Å². The Morgan fingerprint density at radius 3 is 2.62 bits per heavy atom. The van der Waals surface area contributed by atoms with Crippen LogP contribution in [0.15, 0.2) is 0 Å². The van der Waals surface area contributed by atoms with Crippen LogP contribution in [0.4, 0.5) is 0 Å². The van der Waals surface area contributed by atoms with Crippen molar-refractivity contribution in [3.05, 3.63) is 0 Å². The van der Waals surface area contributed by atoms with E-state index in [1.54, 1.807) is 0 Å². The van der Waals surface area contributed by atoms with Gasteiger partial charge in [0.1, 0.15) is 0 Å². The lowest BCUT2D eigenvalue weighted by Gasteiger charge is -2.38. The molecule has 0 amide bonds. The number of hydrogen-bond acceptors (Lipinski definition) is 2. The molecule has 0 aromatic carbocycles. The number of rotatable bonds is 0. The first kappa shape index (κ1) is 9.47. The van der Waals surface area contributed by atoms with E-state index in [-0.39, 0.29) is 11.2 Å². The molecule has 13 heavy (non-hydrogen) atoms. The predicted octanol–water partition coefficient (Wildman–Crippen LogP) is 1.86. The van der Waals surface area contributed by atoms with Gasteiger partial charge in [0.05, 0.1) is 5.66 Å². The van der Waals surface area contributed by atoms with Crippen LogP contribution in [0.25, 0.3) is 0 Å². The molecule has 2 heteroatoms. The summed E-state index contributed by atoms with van der Waals surface area (Å²) in [6.07, 6.45) is 5.39. The van der Waals surface area contributed by atoms with Gasteiger partial charge in [0.25, 0.3) is 0 Å². The molecule has 2 fully saturated rings. The molecule has 1 aliphatic carbocycles. The Balaban J connectivity index is 2.05. The lowest BCUT2D eigenvalue weighted by atomic mass is 9.82. The Kier molecular flexibility index (Phi) is 2.16. The van der Waals surface area contributed by atoms with E-state index in [0.29, 0.717) is 0 Å². The van der Waals surface area contributed by atoms with Crippen LogP contribution in [0.2, 0.25) is 0 Å². The van der Waals surface area contributed by atoms with E-state index >= 15 is 0 Å². The van der Waals surface area contributed by atoms with Gasteiger partial charge in [-0.3, -0.25) is 10.6 Å². The van der Waals surface area contributed by atoms with Crippen molar-refractivity contribution >= 4 is 0 Å². The summed E-state index contributed by atoms with van der Waals surface area (Å²) < 4.78 is 0. The molecule has 0 aromatic rings. The average molecular weight is 182 g/mol. The highest BCUT2D eigenvalue weighted by Gasteiger charge is 2.43. The Bertz CT molecular complexity index is 200. The van der Waals surface area contributed by atoms with Crippen LogP contribution in [0.5, 0.6) is 0 Å². The third-order valence-electron chi connectivity index (χ3n) is 3.44. The first-order chi connectivity index (χ1) is 6.02. The van der Waals surface area contributed by atoms with Crippen LogP contribution >= 0.6 is 0 Å². The van der Waals surface area contributed by atoms with Crippen molar-refractivity contribution in [1.82, 2.24) is 10.6 Å². The Hall–Kier alpha value is -0.0800. The van der Waals surface area contributed by atoms with Gasteiger partial charge in [-0.15, -0.1) is 0 Å². The molecule has 2 atom stereocenters. The molecule has 2 rings (SSSR count). The highest BCUT2D eigenvalue weighted by molar-refractivity contribution is 5.03. The van der Waals surface area contributed by atoms with Crippen LogP contribution in [-0.2, 0) is 0 Å². The molecule has 1 spiro atoms. The van der Waals surface area contributed by atoms with Gasteiger partial charge in [-0.25, -0.2) is 0 Å². The predicted molar refractivity (Wildman–Crippen MR) is 55.6 cm³/mol. The molecule has 76 valence electrons. The summed E-state index contributed by atoms with van der Waals surface area (Å²) in [4.78, 5) is 0. The van der Waals surface area contributed by atoms with Crippen molar-refractivity contribution in [2.45, 2.75) is 57.7 Å². The zero-order valence-electron chi connectivity index (χ0n) is 9.11. The molecule has 0 unspecified atom stereocenters. The SMILES string of the molecule is C[C@H]1CCC[C@@]2(C1)NCC(C)(C)N2. The zero-order chi connectivity index (χ0) is 9.53. The van der Waals surface area contributed by atoms with Crippen molar-refractivity contribution in [2.24, 2.45) is 5.92 Å². The summed E-state index contributed by atoms with van der Waals surface area (Å²) >= 11 is 0. The van der Waals surface area contributed by atoms with E-state index in [2.05, 4.69) is 31.4 Å². The molecule has 2 N–H and O–H groups in total. The van der Waals surface area contributed by atoms with E-state index in [4.69, 9.17) is 0 Å². The maximum atomic E-state index is 3.76. The summed E-state index contributed by atoms with van der Waals surface area (Å²) in [5.74, 6) is 0.877. The second-order valence-corrected chi connectivity index (χ2v) is 5.65. The molecule has 1 heterocycles. The largest absolute Gasteiger partial charge is 0.297 e. The molecular weight excluding hydrogens is 160 g/mol. The highest BCUT2D eigenvalue weighted by atomic mass is 15.3. The van der Waals surface area contributed by atoms with Gasteiger partial charge in [-0.05, 0) is 32.6 Å². The van der Waals surface area contributed by atoms with Crippen LogP contribution in [0, 0.1) is 5.92 Å². The highest BCUT2D eigenvalue weighted by Crippen LogP contribution is 2.34. The maximum absolute atomic E-state index is 3.76. The van der Waals surface area contributed by atoms with Crippen molar-refractivity contribution in [3.8, 4) is 0 Å². The second kappa shape index (κ2) is 2.96. The van der Waals surface area contributed by atoms with Crippen molar-refractivity contribution in [3.63, 3.8) is 0 Å². The smallest absolute Gasteiger partial charge is 0.0694 e. The third kappa shape index (κ3) is 1.89. The Morgan fingerprint density at radius 1 is 1.31 bits per heavy atom. The fourth-order valence-corrected chi connectivity index (χ4v) is 2.95. The van der Waals surface area contributed by atoms with Crippen LogP contribution in [0.3, 0.4) is 0 Å². The molecular formula is C11H22N2. The van der Waals surface area contributed by atoms with Crippen LogP contribution < -0.4 is 10.6 Å². The molecule has 0 aromatic heterocycles. The van der Waals surface area contributed by atoms with Gasteiger partial charge >= 0.3 is 0 Å². The number of hydrogen-bond donors (Lipinski definition) is 2. The molecule has 1 aliphatic heterocycles. The van der Waals surface area contributed by atoms with Crippen LogP contribution in [-0.4, -0.2) is 17.7 Å². The Labute approximate surface area is 81.5 Å². The molecule has 1 saturated carbocycles. The van der Waals surface area contributed by atoms with Crippen molar-refractivity contribution < 1.29 is 0 Å². The van der Waals surface area contributed by atoms with Crippen molar-refractivity contribution in [1.29, 1.82) is 0 Å². The van der Waals surface area contributed by atoms with E-state index in [1.807, 2.05) is 0 Å². The lowest BCUT2D eigenvalue weighted by molar-refractivity contribution is 0.174. The van der Waals surface area contributed by atoms with E-state index in [0.717, 1.165) is 12.5 Å². The van der Waals surface area contributed by atoms with E-state index < -0.39 is 0 Å². The second-order valence-electron chi connectivity index (χ2n) is 5.65. The van der Waals surface area contributed by atoms with Crippen LogP contribution in [0.1, 0.15) is 46.5 Å². The summed E-state index contributed by atoms with van der Waals surface area (Å²) in [7, 11) is 0. The van der Waals surface area contributed by atoms with Gasteiger partial charge in [-0.2, -0.15) is 0 Å². The normalized spacial score (nSPS) is 44.1. The van der Waals surface area contributed by atoms with Gasteiger partial charge in [0.15, 0.2) is 0 Å². The fraction of sp³-hybridized carbons (Fsp3) is 1.00. The monoisotopic (exact) mass is 182 g/mol. The topological polar surface area (TPSA) is 24.1 Å². The van der Waals surface area contributed by atoms with Gasteiger partial charge in [0, 0.05) is 12.1 Å². The molecule has 1 saturated heterocycles. The minimum absolute atomic E-state index is 0.279. The standard InChI is InChI=1S/C11H22N2/c1-9-5-4-6-11(7-9)12-8-10(2,3)13-11/h9,12-13H,4-8H2,1-3H3/t9-,11+/m0/s1. The van der Waals surface area contributed by atoms with E-state index in [1.165, 1.54) is 25.7 Å².